The Labute approximate surface area is 173 Å². The van der Waals surface area contributed by atoms with Gasteiger partial charge in [-0.2, -0.15) is 0 Å². The smallest absolute Gasteiger partial charge is 0.243 e. The Bertz CT molecular complexity index is 820. The number of hydrogen-bond acceptors (Lipinski definition) is 2. The fourth-order valence-corrected chi connectivity index (χ4v) is 3.25. The first-order valence-electron chi connectivity index (χ1n) is 10.2. The standard InChI is InChI=1S/C24H31FN2O2/c1-5-18(4)26-24(29)22(6-2)27(16-19-10-12-21(25)13-11-19)23(28)15-20-9-7-8-17(3)14-20/h7-14,18,22H,5-6,15-16H2,1-4H3,(H,26,29)/t18-,22-/m1/s1. The Morgan fingerprint density at radius 1 is 1.03 bits per heavy atom. The number of carbonyl (C=O) groups is 2. The van der Waals surface area contributed by atoms with Crippen molar-refractivity contribution in [2.24, 2.45) is 0 Å². The van der Waals surface area contributed by atoms with Crippen molar-refractivity contribution in [3.8, 4) is 0 Å². The van der Waals surface area contributed by atoms with Crippen molar-refractivity contribution in [1.82, 2.24) is 10.2 Å². The zero-order chi connectivity index (χ0) is 21.4. The third kappa shape index (κ3) is 6.70. The molecule has 0 fully saturated rings. The van der Waals surface area contributed by atoms with Gasteiger partial charge in [0.1, 0.15) is 11.9 Å². The summed E-state index contributed by atoms with van der Waals surface area (Å²) >= 11 is 0. The summed E-state index contributed by atoms with van der Waals surface area (Å²) in [6.07, 6.45) is 1.54. The van der Waals surface area contributed by atoms with Crippen molar-refractivity contribution in [3.05, 3.63) is 71.0 Å². The fraction of sp³-hybridized carbons (Fsp3) is 0.417. The van der Waals surface area contributed by atoms with Crippen LogP contribution < -0.4 is 5.32 Å². The molecule has 0 aliphatic rings. The van der Waals surface area contributed by atoms with E-state index in [1.165, 1.54) is 12.1 Å². The van der Waals surface area contributed by atoms with E-state index >= 15 is 0 Å². The second-order valence-electron chi connectivity index (χ2n) is 7.56. The number of amides is 2. The van der Waals surface area contributed by atoms with Gasteiger partial charge in [0.05, 0.1) is 6.42 Å². The molecule has 0 saturated heterocycles. The molecule has 156 valence electrons. The number of nitrogens with one attached hydrogen (secondary N) is 1. The van der Waals surface area contributed by atoms with Crippen molar-refractivity contribution in [3.63, 3.8) is 0 Å². The Kier molecular flexibility index (Phi) is 8.37. The predicted octanol–water partition coefficient (Wildman–Crippen LogP) is 4.40. The van der Waals surface area contributed by atoms with Crippen molar-refractivity contribution in [2.45, 2.75) is 65.6 Å². The van der Waals surface area contributed by atoms with E-state index in [2.05, 4.69) is 5.32 Å². The van der Waals surface area contributed by atoms with Crippen molar-refractivity contribution in [2.75, 3.05) is 0 Å². The lowest BCUT2D eigenvalue weighted by Crippen LogP contribution is -2.51. The van der Waals surface area contributed by atoms with Crippen molar-refractivity contribution >= 4 is 11.8 Å². The van der Waals surface area contributed by atoms with Crippen LogP contribution in [0.5, 0.6) is 0 Å². The van der Waals surface area contributed by atoms with Gasteiger partial charge in [-0.25, -0.2) is 4.39 Å². The van der Waals surface area contributed by atoms with Gasteiger partial charge in [0, 0.05) is 12.6 Å². The quantitative estimate of drug-likeness (QED) is 0.681. The largest absolute Gasteiger partial charge is 0.352 e. The molecule has 0 aliphatic carbocycles. The van der Waals surface area contributed by atoms with E-state index in [0.29, 0.717) is 6.42 Å². The molecule has 0 aliphatic heterocycles. The van der Waals surface area contributed by atoms with Crippen LogP contribution >= 0.6 is 0 Å². The lowest BCUT2D eigenvalue weighted by atomic mass is 10.0. The third-order valence-corrected chi connectivity index (χ3v) is 5.09. The summed E-state index contributed by atoms with van der Waals surface area (Å²) in [5, 5.41) is 2.99. The van der Waals surface area contributed by atoms with Gasteiger partial charge < -0.3 is 10.2 Å². The second-order valence-corrected chi connectivity index (χ2v) is 7.56. The Morgan fingerprint density at radius 2 is 1.72 bits per heavy atom. The average Bonchev–Trinajstić information content (AvgIpc) is 2.69. The van der Waals surface area contributed by atoms with Crippen LogP contribution in [0.3, 0.4) is 0 Å². The monoisotopic (exact) mass is 398 g/mol. The first kappa shape index (κ1) is 22.6. The summed E-state index contributed by atoms with van der Waals surface area (Å²) < 4.78 is 13.3. The van der Waals surface area contributed by atoms with Crippen LogP contribution in [-0.2, 0) is 22.6 Å². The van der Waals surface area contributed by atoms with Crippen LogP contribution in [0.2, 0.25) is 0 Å². The van der Waals surface area contributed by atoms with E-state index in [4.69, 9.17) is 0 Å². The Balaban J connectivity index is 2.28. The first-order chi connectivity index (χ1) is 13.8. The first-order valence-corrected chi connectivity index (χ1v) is 10.2. The van der Waals surface area contributed by atoms with Gasteiger partial charge in [0.15, 0.2) is 0 Å². The van der Waals surface area contributed by atoms with Crippen LogP contribution in [0, 0.1) is 12.7 Å². The lowest BCUT2D eigenvalue weighted by molar-refractivity contribution is -0.141. The van der Waals surface area contributed by atoms with Gasteiger partial charge in [-0.05, 0) is 49.9 Å². The molecule has 0 heterocycles. The SMILES string of the molecule is CC[C@@H](C)NC(=O)[C@@H](CC)N(Cc1ccc(F)cc1)C(=O)Cc1cccc(C)c1. The molecular weight excluding hydrogens is 367 g/mol. The summed E-state index contributed by atoms with van der Waals surface area (Å²) in [6.45, 7) is 8.10. The maximum atomic E-state index is 13.3. The molecule has 1 N–H and O–H groups in total. The summed E-state index contributed by atoms with van der Waals surface area (Å²) in [4.78, 5) is 27.7. The van der Waals surface area contributed by atoms with Crippen molar-refractivity contribution in [1.29, 1.82) is 0 Å². The fourth-order valence-electron chi connectivity index (χ4n) is 3.25. The van der Waals surface area contributed by atoms with Gasteiger partial charge in [-0.1, -0.05) is 55.8 Å². The zero-order valence-corrected chi connectivity index (χ0v) is 17.7. The summed E-state index contributed by atoms with van der Waals surface area (Å²) in [5.74, 6) is -0.597. The van der Waals surface area contributed by atoms with Gasteiger partial charge in [0.2, 0.25) is 11.8 Å². The predicted molar refractivity (Wildman–Crippen MR) is 114 cm³/mol. The minimum atomic E-state index is -0.577. The highest BCUT2D eigenvalue weighted by molar-refractivity contribution is 5.88. The summed E-state index contributed by atoms with van der Waals surface area (Å²) in [6, 6.07) is 13.3. The molecule has 0 unspecified atom stereocenters. The lowest BCUT2D eigenvalue weighted by Gasteiger charge is -2.31. The number of nitrogens with zero attached hydrogens (tertiary/aromatic N) is 1. The molecule has 29 heavy (non-hydrogen) atoms. The van der Waals surface area contributed by atoms with E-state index < -0.39 is 6.04 Å². The van der Waals surface area contributed by atoms with Crippen molar-refractivity contribution < 1.29 is 14.0 Å². The molecule has 4 nitrogen and oxygen atoms in total. The molecule has 0 saturated carbocycles. The molecule has 0 aromatic heterocycles. The van der Waals surface area contributed by atoms with Crippen LogP contribution in [0.25, 0.3) is 0 Å². The number of aryl methyl sites for hydroxylation is 1. The minimum Gasteiger partial charge on any atom is -0.352 e. The zero-order valence-electron chi connectivity index (χ0n) is 17.7. The molecule has 2 rings (SSSR count). The molecular formula is C24H31FN2O2. The molecule has 2 atom stereocenters. The Hall–Kier alpha value is -2.69. The highest BCUT2D eigenvalue weighted by atomic mass is 19.1. The van der Waals surface area contributed by atoms with Crippen LogP contribution in [0.1, 0.15) is 50.3 Å². The van der Waals surface area contributed by atoms with Gasteiger partial charge in [-0.3, -0.25) is 9.59 Å². The maximum Gasteiger partial charge on any atom is 0.243 e. The van der Waals surface area contributed by atoms with Gasteiger partial charge >= 0.3 is 0 Å². The van der Waals surface area contributed by atoms with E-state index in [1.807, 2.05) is 52.0 Å². The molecule has 5 heteroatoms. The van der Waals surface area contributed by atoms with Gasteiger partial charge in [0.25, 0.3) is 0 Å². The summed E-state index contributed by atoms with van der Waals surface area (Å²) in [7, 11) is 0. The molecule has 2 amide bonds. The topological polar surface area (TPSA) is 49.4 Å². The normalized spacial score (nSPS) is 12.9. The number of rotatable bonds is 9. The third-order valence-electron chi connectivity index (χ3n) is 5.09. The minimum absolute atomic E-state index is 0.0381. The van der Waals surface area contributed by atoms with E-state index in [9.17, 15) is 14.0 Å². The van der Waals surface area contributed by atoms with E-state index in [0.717, 1.165) is 23.1 Å². The number of hydrogen-bond donors (Lipinski definition) is 1. The molecule has 0 radical (unpaired) electrons. The van der Waals surface area contributed by atoms with Crippen LogP contribution in [0.4, 0.5) is 4.39 Å². The molecule has 2 aromatic rings. The molecule has 0 spiro atoms. The molecule has 2 aromatic carbocycles. The van der Waals surface area contributed by atoms with E-state index in [1.54, 1.807) is 17.0 Å². The number of benzene rings is 2. The number of carbonyl (C=O) groups excluding carboxylic acids is 2. The average molecular weight is 399 g/mol. The highest BCUT2D eigenvalue weighted by Crippen LogP contribution is 2.16. The Morgan fingerprint density at radius 3 is 2.31 bits per heavy atom. The summed E-state index contributed by atoms with van der Waals surface area (Å²) in [5.41, 5.74) is 2.79. The van der Waals surface area contributed by atoms with Crippen LogP contribution in [-0.4, -0.2) is 28.8 Å². The van der Waals surface area contributed by atoms with Crippen LogP contribution in [0.15, 0.2) is 48.5 Å². The maximum absolute atomic E-state index is 13.3. The molecule has 0 bridgehead atoms. The van der Waals surface area contributed by atoms with E-state index in [-0.39, 0.29) is 36.6 Å². The number of halogens is 1. The highest BCUT2D eigenvalue weighted by Gasteiger charge is 2.29. The van der Waals surface area contributed by atoms with Gasteiger partial charge in [-0.15, -0.1) is 0 Å². The second kappa shape index (κ2) is 10.7.